The number of aromatic nitrogens is 3. The van der Waals surface area contributed by atoms with Gasteiger partial charge in [0, 0.05) is 26.2 Å². The Hall–Kier alpha value is -2.08. The van der Waals surface area contributed by atoms with Crippen LogP contribution in [0, 0.1) is 0 Å². The van der Waals surface area contributed by atoms with Gasteiger partial charge in [0.1, 0.15) is 6.33 Å². The molecule has 1 fully saturated rings. The molecule has 0 atom stereocenters. The summed E-state index contributed by atoms with van der Waals surface area (Å²) in [6.45, 7) is 2.79. The number of benzene rings is 1. The monoisotopic (exact) mass is 291 g/mol. The second kappa shape index (κ2) is 5.50. The quantitative estimate of drug-likeness (QED) is 0.909. The summed E-state index contributed by atoms with van der Waals surface area (Å²) in [5.41, 5.74) is 1.01. The summed E-state index contributed by atoms with van der Waals surface area (Å²) in [5.74, 6) is 0.178. The third kappa shape index (κ3) is 2.46. The van der Waals surface area contributed by atoms with Crippen LogP contribution in [0.1, 0.15) is 10.6 Å². The zero-order valence-electron chi connectivity index (χ0n) is 10.8. The van der Waals surface area contributed by atoms with Crippen molar-refractivity contribution < 1.29 is 4.79 Å². The summed E-state index contributed by atoms with van der Waals surface area (Å²) in [6, 6.07) is 7.75. The summed E-state index contributed by atoms with van der Waals surface area (Å²) in [6.07, 6.45) is 1.34. The van der Waals surface area contributed by atoms with Gasteiger partial charge in [-0.25, -0.2) is 4.98 Å². The molecule has 2 aromatic rings. The molecule has 3 rings (SSSR count). The van der Waals surface area contributed by atoms with Crippen LogP contribution in [0.25, 0.3) is 0 Å². The van der Waals surface area contributed by atoms with Crippen molar-refractivity contribution in [2.24, 2.45) is 0 Å². The van der Waals surface area contributed by atoms with Crippen molar-refractivity contribution >= 4 is 23.2 Å². The predicted molar refractivity (Wildman–Crippen MR) is 76.0 cm³/mol. The zero-order chi connectivity index (χ0) is 13.9. The molecule has 0 radical (unpaired) electrons. The number of anilines is 1. The molecule has 2 heterocycles. The Bertz CT molecular complexity index is 593. The lowest BCUT2D eigenvalue weighted by molar-refractivity contribution is 0.0735. The van der Waals surface area contributed by atoms with Crippen molar-refractivity contribution in [2.75, 3.05) is 31.1 Å². The number of hydrogen-bond acceptors (Lipinski definition) is 4. The summed E-state index contributed by atoms with van der Waals surface area (Å²) in [7, 11) is 0. The Morgan fingerprint density at radius 3 is 2.60 bits per heavy atom. The Morgan fingerprint density at radius 1 is 1.20 bits per heavy atom. The van der Waals surface area contributed by atoms with Crippen LogP contribution in [-0.4, -0.2) is 52.2 Å². The van der Waals surface area contributed by atoms with Crippen molar-refractivity contribution in [3.05, 3.63) is 41.4 Å². The van der Waals surface area contributed by atoms with E-state index in [9.17, 15) is 4.79 Å². The number of halogens is 1. The van der Waals surface area contributed by atoms with Crippen LogP contribution in [0.3, 0.4) is 0 Å². The van der Waals surface area contributed by atoms with Crippen molar-refractivity contribution in [2.45, 2.75) is 0 Å². The van der Waals surface area contributed by atoms with Crippen LogP contribution >= 0.6 is 11.6 Å². The molecule has 6 nitrogen and oxygen atoms in total. The van der Waals surface area contributed by atoms with Crippen molar-refractivity contribution in [1.82, 2.24) is 20.1 Å². The van der Waals surface area contributed by atoms with E-state index in [-0.39, 0.29) is 11.7 Å². The van der Waals surface area contributed by atoms with Crippen molar-refractivity contribution in [3.63, 3.8) is 0 Å². The van der Waals surface area contributed by atoms with Gasteiger partial charge in [-0.2, -0.15) is 5.10 Å². The zero-order valence-corrected chi connectivity index (χ0v) is 11.5. The van der Waals surface area contributed by atoms with Gasteiger partial charge in [0.05, 0.1) is 10.7 Å². The minimum absolute atomic E-state index is 0.110. The lowest BCUT2D eigenvalue weighted by Crippen LogP contribution is -2.49. The first-order valence-corrected chi connectivity index (χ1v) is 6.77. The third-order valence-electron chi connectivity index (χ3n) is 3.38. The fourth-order valence-electron chi connectivity index (χ4n) is 2.32. The number of carbonyl (C=O) groups excluding carboxylic acids is 1. The highest BCUT2D eigenvalue weighted by atomic mass is 35.5. The molecule has 1 saturated heterocycles. The smallest absolute Gasteiger partial charge is 0.291 e. The minimum atomic E-state index is -0.110. The molecule has 20 heavy (non-hydrogen) atoms. The molecule has 7 heteroatoms. The van der Waals surface area contributed by atoms with Crippen molar-refractivity contribution in [3.8, 4) is 0 Å². The maximum Gasteiger partial charge on any atom is 0.291 e. The number of piperazine rings is 1. The van der Waals surface area contributed by atoms with Gasteiger partial charge < -0.3 is 9.80 Å². The molecular formula is C13H14ClN5O. The number of rotatable bonds is 2. The number of nitrogens with zero attached hydrogens (tertiary/aromatic N) is 4. The summed E-state index contributed by atoms with van der Waals surface area (Å²) in [5, 5.41) is 7.04. The van der Waals surface area contributed by atoms with Gasteiger partial charge in [0.25, 0.3) is 5.91 Å². The van der Waals surface area contributed by atoms with E-state index in [2.05, 4.69) is 20.1 Å². The number of H-pyrrole nitrogens is 1. The van der Waals surface area contributed by atoms with Gasteiger partial charge in [0.2, 0.25) is 5.82 Å². The van der Waals surface area contributed by atoms with Gasteiger partial charge in [0.15, 0.2) is 0 Å². The molecule has 0 unspecified atom stereocenters. The summed E-state index contributed by atoms with van der Waals surface area (Å²) >= 11 is 6.19. The topological polar surface area (TPSA) is 65.1 Å². The van der Waals surface area contributed by atoms with Crippen LogP contribution in [0.4, 0.5) is 5.69 Å². The molecule has 1 aliphatic rings. The largest absolute Gasteiger partial charge is 0.367 e. The van der Waals surface area contributed by atoms with Crippen LogP contribution in [0.2, 0.25) is 5.02 Å². The molecule has 104 valence electrons. The van der Waals surface area contributed by atoms with Gasteiger partial charge >= 0.3 is 0 Å². The molecule has 1 aromatic carbocycles. The van der Waals surface area contributed by atoms with Crippen LogP contribution in [0.15, 0.2) is 30.6 Å². The Labute approximate surface area is 121 Å². The lowest BCUT2D eigenvalue weighted by Gasteiger charge is -2.36. The van der Waals surface area contributed by atoms with Gasteiger partial charge in [-0.15, -0.1) is 0 Å². The molecule has 0 bridgehead atoms. The van der Waals surface area contributed by atoms with E-state index in [4.69, 9.17) is 11.6 Å². The molecule has 1 N–H and O–H groups in total. The highest BCUT2D eigenvalue weighted by Gasteiger charge is 2.24. The molecule has 1 amide bonds. The van der Waals surface area contributed by atoms with E-state index < -0.39 is 0 Å². The molecule has 1 aliphatic heterocycles. The van der Waals surface area contributed by atoms with Crippen LogP contribution in [0.5, 0.6) is 0 Å². The fourth-order valence-corrected chi connectivity index (χ4v) is 2.57. The Kier molecular flexibility index (Phi) is 3.56. The number of nitrogens with one attached hydrogen (secondary N) is 1. The van der Waals surface area contributed by atoms with E-state index in [0.717, 1.165) is 23.8 Å². The maximum atomic E-state index is 12.1. The van der Waals surface area contributed by atoms with E-state index >= 15 is 0 Å². The van der Waals surface area contributed by atoms with E-state index in [1.165, 1.54) is 6.33 Å². The SMILES string of the molecule is O=C(c1ncn[nH]1)N1CCN(c2ccccc2Cl)CC1. The number of amides is 1. The molecular weight excluding hydrogens is 278 g/mol. The molecule has 0 aliphatic carbocycles. The maximum absolute atomic E-state index is 12.1. The molecule has 0 spiro atoms. The Morgan fingerprint density at radius 2 is 1.95 bits per heavy atom. The average Bonchev–Trinajstić information content (AvgIpc) is 3.01. The predicted octanol–water partition coefficient (Wildman–Crippen LogP) is 1.42. The summed E-state index contributed by atoms with van der Waals surface area (Å²) < 4.78 is 0. The number of aromatic amines is 1. The highest BCUT2D eigenvalue weighted by molar-refractivity contribution is 6.33. The van der Waals surface area contributed by atoms with E-state index in [0.29, 0.717) is 13.1 Å². The van der Waals surface area contributed by atoms with Crippen LogP contribution in [-0.2, 0) is 0 Å². The standard InChI is InChI=1S/C13H14ClN5O/c14-10-3-1-2-4-11(10)18-5-7-19(8-6-18)13(20)12-15-9-16-17-12/h1-4,9H,5-8H2,(H,15,16,17). The second-order valence-electron chi connectivity index (χ2n) is 4.56. The number of para-hydroxylation sites is 1. The minimum Gasteiger partial charge on any atom is -0.367 e. The first kappa shape index (κ1) is 12.9. The number of carbonyl (C=O) groups is 1. The lowest BCUT2D eigenvalue weighted by atomic mass is 10.2. The first-order valence-electron chi connectivity index (χ1n) is 6.40. The van der Waals surface area contributed by atoms with E-state index in [1.54, 1.807) is 4.90 Å². The fraction of sp³-hybridized carbons (Fsp3) is 0.308. The van der Waals surface area contributed by atoms with Gasteiger partial charge in [-0.05, 0) is 12.1 Å². The Balaban J connectivity index is 1.65. The average molecular weight is 292 g/mol. The normalized spacial score (nSPS) is 15.4. The van der Waals surface area contributed by atoms with Gasteiger partial charge in [-0.3, -0.25) is 9.89 Å². The van der Waals surface area contributed by atoms with Crippen LogP contribution < -0.4 is 4.90 Å². The third-order valence-corrected chi connectivity index (χ3v) is 3.70. The number of hydrogen-bond donors (Lipinski definition) is 1. The first-order chi connectivity index (χ1) is 9.75. The molecule has 1 aromatic heterocycles. The van der Waals surface area contributed by atoms with Gasteiger partial charge in [-0.1, -0.05) is 23.7 Å². The van der Waals surface area contributed by atoms with Crippen molar-refractivity contribution in [1.29, 1.82) is 0 Å². The highest BCUT2D eigenvalue weighted by Crippen LogP contribution is 2.26. The molecule has 0 saturated carbocycles. The second-order valence-corrected chi connectivity index (χ2v) is 4.97. The van der Waals surface area contributed by atoms with E-state index in [1.807, 2.05) is 24.3 Å². The summed E-state index contributed by atoms with van der Waals surface area (Å²) in [4.78, 5) is 20.0.